The first-order chi connectivity index (χ1) is 6.52. The van der Waals surface area contributed by atoms with Gasteiger partial charge in [0, 0.05) is 8.95 Å². The second-order valence-corrected chi connectivity index (χ2v) is 4.58. The molecule has 3 N–H and O–H groups in total. The van der Waals surface area contributed by atoms with Crippen molar-refractivity contribution in [2.75, 3.05) is 5.32 Å². The number of nitrogens with one attached hydrogen (secondary N) is 1. The molecule has 3 nitrogen and oxygen atoms in total. The highest BCUT2D eigenvalue weighted by molar-refractivity contribution is 9.11. The van der Waals surface area contributed by atoms with Gasteiger partial charge in [0.25, 0.3) is 0 Å². The van der Waals surface area contributed by atoms with Crippen LogP contribution in [0, 0.1) is 0 Å². The number of benzene rings is 1. The predicted molar refractivity (Wildman–Crippen MR) is 71.4 cm³/mol. The third-order valence-corrected chi connectivity index (χ3v) is 2.95. The molecule has 0 fully saturated rings. The molecule has 0 aliphatic carbocycles. The molecule has 1 aromatic rings. The van der Waals surface area contributed by atoms with E-state index in [1.54, 1.807) is 6.92 Å². The van der Waals surface area contributed by atoms with Gasteiger partial charge in [-0.05, 0) is 50.9 Å². The van der Waals surface area contributed by atoms with Crippen molar-refractivity contribution in [3.63, 3.8) is 0 Å². The summed E-state index contributed by atoms with van der Waals surface area (Å²) in [5.41, 5.74) is 6.14. The fourth-order valence-corrected chi connectivity index (χ4v) is 2.05. The van der Waals surface area contributed by atoms with Crippen LogP contribution in [-0.4, -0.2) is 11.9 Å². The monoisotopic (exact) mass is 356 g/mol. The van der Waals surface area contributed by atoms with Gasteiger partial charge in [0.15, 0.2) is 0 Å². The number of anilines is 1. The number of nitrogens with two attached hydrogens (primary N) is 1. The first-order valence-corrected chi connectivity index (χ1v) is 5.61. The van der Waals surface area contributed by atoms with Crippen molar-refractivity contribution in [3.8, 4) is 0 Å². The zero-order valence-corrected chi connectivity index (χ0v) is 11.9. The van der Waals surface area contributed by atoms with Crippen LogP contribution in [0.15, 0.2) is 27.1 Å². The molecule has 1 aromatic carbocycles. The quantitative estimate of drug-likeness (QED) is 0.854. The van der Waals surface area contributed by atoms with Crippen molar-refractivity contribution >= 4 is 55.9 Å². The lowest BCUT2D eigenvalue weighted by Gasteiger charge is -2.10. The van der Waals surface area contributed by atoms with Gasteiger partial charge in [-0.3, -0.25) is 4.79 Å². The Kier molecular flexibility index (Phi) is 6.43. The molecule has 0 aliphatic rings. The number of carbonyl (C=O) groups excluding carboxylic acids is 1. The number of rotatable bonds is 2. The average Bonchev–Trinajstić information content (AvgIpc) is 2.11. The van der Waals surface area contributed by atoms with E-state index >= 15 is 0 Å². The van der Waals surface area contributed by atoms with Gasteiger partial charge in [0.05, 0.1) is 11.7 Å². The van der Waals surface area contributed by atoms with E-state index < -0.39 is 6.04 Å². The minimum Gasteiger partial charge on any atom is -0.323 e. The van der Waals surface area contributed by atoms with Crippen molar-refractivity contribution in [3.05, 3.63) is 27.1 Å². The molecule has 0 aliphatic heterocycles. The Balaban J connectivity index is 0.00000196. The molecular weight excluding hydrogens is 347 g/mol. The van der Waals surface area contributed by atoms with Crippen LogP contribution in [0.2, 0.25) is 0 Å². The Bertz CT molecular complexity index is 338. The summed E-state index contributed by atoms with van der Waals surface area (Å²) in [5.74, 6) is -0.211. The summed E-state index contributed by atoms with van der Waals surface area (Å²) in [4.78, 5) is 11.3. The zero-order chi connectivity index (χ0) is 10.7. The van der Waals surface area contributed by atoms with Gasteiger partial charge in [-0.1, -0.05) is 6.07 Å². The van der Waals surface area contributed by atoms with Crippen LogP contribution in [0.25, 0.3) is 0 Å². The molecule has 1 unspecified atom stereocenters. The van der Waals surface area contributed by atoms with E-state index in [0.717, 1.165) is 8.95 Å². The predicted octanol–water partition coefficient (Wildman–Crippen LogP) is 2.92. The molecule has 1 atom stereocenters. The lowest BCUT2D eigenvalue weighted by Crippen LogP contribution is -2.32. The highest BCUT2D eigenvalue weighted by Gasteiger charge is 2.11. The van der Waals surface area contributed by atoms with Gasteiger partial charge in [0.2, 0.25) is 5.91 Å². The van der Waals surface area contributed by atoms with Crippen LogP contribution in [0.1, 0.15) is 6.92 Å². The molecule has 0 aromatic heterocycles. The van der Waals surface area contributed by atoms with E-state index in [-0.39, 0.29) is 18.3 Å². The Hall–Kier alpha value is -0.100. The largest absolute Gasteiger partial charge is 0.323 e. The van der Waals surface area contributed by atoms with Gasteiger partial charge in [-0.15, -0.1) is 12.4 Å². The Morgan fingerprint density at radius 2 is 1.87 bits per heavy atom. The van der Waals surface area contributed by atoms with Crippen LogP contribution in [0.4, 0.5) is 5.69 Å². The van der Waals surface area contributed by atoms with Gasteiger partial charge in [0.1, 0.15) is 0 Å². The van der Waals surface area contributed by atoms with Crippen molar-refractivity contribution in [1.29, 1.82) is 0 Å². The lowest BCUT2D eigenvalue weighted by atomic mass is 10.3. The van der Waals surface area contributed by atoms with Crippen molar-refractivity contribution < 1.29 is 4.79 Å². The summed E-state index contributed by atoms with van der Waals surface area (Å²) in [6.07, 6.45) is 0. The molecule has 0 saturated heterocycles. The molecule has 84 valence electrons. The van der Waals surface area contributed by atoms with Gasteiger partial charge in [-0.2, -0.15) is 0 Å². The second kappa shape index (κ2) is 6.48. The first-order valence-electron chi connectivity index (χ1n) is 4.03. The van der Waals surface area contributed by atoms with Crippen LogP contribution < -0.4 is 11.1 Å². The number of para-hydroxylation sites is 1. The van der Waals surface area contributed by atoms with Crippen molar-refractivity contribution in [2.24, 2.45) is 5.73 Å². The Morgan fingerprint density at radius 1 is 1.40 bits per heavy atom. The molecule has 0 spiro atoms. The molecule has 1 rings (SSSR count). The van der Waals surface area contributed by atoms with Crippen molar-refractivity contribution in [1.82, 2.24) is 0 Å². The molecule has 0 saturated carbocycles. The fourth-order valence-electron chi connectivity index (χ4n) is 0.854. The molecule has 1 amide bonds. The summed E-state index contributed by atoms with van der Waals surface area (Å²) >= 11 is 6.68. The average molecular weight is 358 g/mol. The molecule has 15 heavy (non-hydrogen) atoms. The molecule has 0 radical (unpaired) electrons. The number of halogens is 3. The molecule has 0 bridgehead atoms. The van der Waals surface area contributed by atoms with Crippen molar-refractivity contribution in [2.45, 2.75) is 13.0 Å². The van der Waals surface area contributed by atoms with E-state index in [9.17, 15) is 4.79 Å². The summed E-state index contributed by atoms with van der Waals surface area (Å²) in [5, 5.41) is 2.72. The highest BCUT2D eigenvalue weighted by atomic mass is 79.9. The summed E-state index contributed by atoms with van der Waals surface area (Å²) in [6, 6.07) is 5.05. The van der Waals surface area contributed by atoms with E-state index in [1.807, 2.05) is 18.2 Å². The maximum Gasteiger partial charge on any atom is 0.241 e. The van der Waals surface area contributed by atoms with Gasteiger partial charge < -0.3 is 11.1 Å². The van der Waals surface area contributed by atoms with E-state index in [4.69, 9.17) is 5.73 Å². The lowest BCUT2D eigenvalue weighted by molar-refractivity contribution is -0.117. The van der Waals surface area contributed by atoms with Gasteiger partial charge in [-0.25, -0.2) is 0 Å². The summed E-state index contributed by atoms with van der Waals surface area (Å²) in [7, 11) is 0. The zero-order valence-electron chi connectivity index (χ0n) is 7.96. The molecule has 0 heterocycles. The number of hydrogen-bond donors (Lipinski definition) is 2. The maximum atomic E-state index is 11.3. The standard InChI is InChI=1S/C9H10Br2N2O.ClH/c1-5(12)9(14)13-8-6(10)3-2-4-7(8)11;/h2-5H,12H2,1H3,(H,13,14);1H. The number of amides is 1. The summed E-state index contributed by atoms with van der Waals surface area (Å²) < 4.78 is 1.64. The maximum absolute atomic E-state index is 11.3. The normalized spacial score (nSPS) is 11.5. The summed E-state index contributed by atoms with van der Waals surface area (Å²) in [6.45, 7) is 1.64. The highest BCUT2D eigenvalue weighted by Crippen LogP contribution is 2.30. The molecular formula is C9H11Br2ClN2O. The van der Waals surface area contributed by atoms with Crippen LogP contribution in [0.3, 0.4) is 0 Å². The smallest absolute Gasteiger partial charge is 0.241 e. The van der Waals surface area contributed by atoms with E-state index in [1.165, 1.54) is 0 Å². The topological polar surface area (TPSA) is 55.1 Å². The third kappa shape index (κ3) is 4.10. The minimum atomic E-state index is -0.519. The van der Waals surface area contributed by atoms with Crippen LogP contribution >= 0.6 is 44.3 Å². The fraction of sp³-hybridized carbons (Fsp3) is 0.222. The SMILES string of the molecule is CC(N)C(=O)Nc1c(Br)cccc1Br.Cl. The number of carbonyl (C=O) groups is 1. The first kappa shape index (κ1) is 14.9. The third-order valence-electron chi connectivity index (χ3n) is 1.62. The van der Waals surface area contributed by atoms with E-state index in [0.29, 0.717) is 5.69 Å². The number of hydrogen-bond acceptors (Lipinski definition) is 2. The Labute approximate surface area is 111 Å². The Morgan fingerprint density at radius 3 is 2.27 bits per heavy atom. The molecule has 6 heteroatoms. The minimum absolute atomic E-state index is 0. The van der Waals surface area contributed by atoms with Gasteiger partial charge >= 0.3 is 0 Å². The second-order valence-electron chi connectivity index (χ2n) is 2.87. The van der Waals surface area contributed by atoms with Crippen LogP contribution in [0.5, 0.6) is 0 Å². The van der Waals surface area contributed by atoms with Crippen LogP contribution in [-0.2, 0) is 4.79 Å². The van der Waals surface area contributed by atoms with E-state index in [2.05, 4.69) is 37.2 Å².